The second-order valence-electron chi connectivity index (χ2n) is 5.54. The second-order valence-corrected chi connectivity index (χ2v) is 5.54. The standard InChI is InChI=1S/C15H20N2O2/c1-19-15(18)14-12-7-13(16-14)10-17(9-12)8-11-5-3-2-4-6-11/h2-6,12-14,16H,7-10H2,1H3/t12-,13?,14+/m0/s1. The van der Waals surface area contributed by atoms with Gasteiger partial charge in [-0.2, -0.15) is 0 Å². The van der Waals surface area contributed by atoms with E-state index in [4.69, 9.17) is 4.74 Å². The molecule has 4 nitrogen and oxygen atoms in total. The van der Waals surface area contributed by atoms with Gasteiger partial charge in [0.05, 0.1) is 7.11 Å². The lowest BCUT2D eigenvalue weighted by Crippen LogP contribution is -2.40. The van der Waals surface area contributed by atoms with Crippen molar-refractivity contribution in [3.05, 3.63) is 35.9 Å². The Balaban J connectivity index is 1.64. The van der Waals surface area contributed by atoms with Gasteiger partial charge in [0.2, 0.25) is 0 Å². The van der Waals surface area contributed by atoms with Crippen LogP contribution in [0.1, 0.15) is 12.0 Å². The quantitative estimate of drug-likeness (QED) is 0.824. The number of carbonyl (C=O) groups excluding carboxylic acids is 1. The predicted octanol–water partition coefficient (Wildman–Crippen LogP) is 1.02. The van der Waals surface area contributed by atoms with Gasteiger partial charge in [0.15, 0.2) is 0 Å². The minimum absolute atomic E-state index is 0.115. The molecular weight excluding hydrogens is 240 g/mol. The van der Waals surface area contributed by atoms with Crippen LogP contribution in [0.15, 0.2) is 30.3 Å². The van der Waals surface area contributed by atoms with E-state index in [0.717, 1.165) is 26.1 Å². The van der Waals surface area contributed by atoms with Gasteiger partial charge in [-0.1, -0.05) is 30.3 Å². The highest BCUT2D eigenvalue weighted by atomic mass is 16.5. The van der Waals surface area contributed by atoms with E-state index in [1.54, 1.807) is 0 Å². The number of nitrogens with zero attached hydrogens (tertiary/aromatic N) is 1. The van der Waals surface area contributed by atoms with E-state index >= 15 is 0 Å². The summed E-state index contributed by atoms with van der Waals surface area (Å²) < 4.78 is 4.88. The van der Waals surface area contributed by atoms with E-state index in [1.807, 2.05) is 6.07 Å². The number of nitrogens with one attached hydrogen (secondary N) is 1. The van der Waals surface area contributed by atoms with Crippen molar-refractivity contribution in [2.75, 3.05) is 20.2 Å². The summed E-state index contributed by atoms with van der Waals surface area (Å²) in [4.78, 5) is 14.2. The average molecular weight is 260 g/mol. The Morgan fingerprint density at radius 2 is 2.16 bits per heavy atom. The Hall–Kier alpha value is -1.39. The fourth-order valence-electron chi connectivity index (χ4n) is 3.34. The van der Waals surface area contributed by atoms with Crippen LogP contribution in [0.25, 0.3) is 0 Å². The summed E-state index contributed by atoms with van der Waals surface area (Å²) in [6, 6.07) is 10.8. The Bertz CT molecular complexity index is 449. The Morgan fingerprint density at radius 1 is 1.37 bits per heavy atom. The molecule has 2 bridgehead atoms. The number of carbonyl (C=O) groups is 1. The molecule has 0 saturated carbocycles. The molecule has 2 aliphatic rings. The van der Waals surface area contributed by atoms with Gasteiger partial charge in [0, 0.05) is 25.7 Å². The summed E-state index contributed by atoms with van der Waals surface area (Å²) in [6.07, 6.45) is 1.09. The average Bonchev–Trinajstić information content (AvgIpc) is 2.74. The number of likely N-dealkylation sites (tertiary alicyclic amines) is 1. The largest absolute Gasteiger partial charge is 0.468 e. The number of ether oxygens (including phenoxy) is 1. The molecule has 3 rings (SSSR count). The van der Waals surface area contributed by atoms with Gasteiger partial charge in [0.1, 0.15) is 6.04 Å². The lowest BCUT2D eigenvalue weighted by Gasteiger charge is -2.31. The van der Waals surface area contributed by atoms with Crippen LogP contribution in [0.5, 0.6) is 0 Å². The van der Waals surface area contributed by atoms with Crippen molar-refractivity contribution in [1.82, 2.24) is 10.2 Å². The summed E-state index contributed by atoms with van der Waals surface area (Å²) in [6.45, 7) is 2.94. The van der Waals surface area contributed by atoms with Crippen molar-refractivity contribution >= 4 is 5.97 Å². The van der Waals surface area contributed by atoms with E-state index in [0.29, 0.717) is 12.0 Å². The molecule has 1 N–H and O–H groups in total. The second kappa shape index (κ2) is 5.31. The number of rotatable bonds is 3. The topological polar surface area (TPSA) is 41.6 Å². The lowest BCUT2D eigenvalue weighted by molar-refractivity contribution is -0.143. The van der Waals surface area contributed by atoms with E-state index in [2.05, 4.69) is 34.5 Å². The van der Waals surface area contributed by atoms with Crippen LogP contribution in [-0.4, -0.2) is 43.2 Å². The molecular formula is C15H20N2O2. The number of hydrogen-bond donors (Lipinski definition) is 1. The molecule has 19 heavy (non-hydrogen) atoms. The van der Waals surface area contributed by atoms with Crippen molar-refractivity contribution in [3.8, 4) is 0 Å². The summed E-state index contributed by atoms with van der Waals surface area (Å²) in [5.74, 6) is 0.268. The van der Waals surface area contributed by atoms with E-state index in [-0.39, 0.29) is 12.0 Å². The zero-order valence-electron chi connectivity index (χ0n) is 11.2. The van der Waals surface area contributed by atoms with Crippen LogP contribution in [0.2, 0.25) is 0 Å². The molecule has 0 aliphatic carbocycles. The van der Waals surface area contributed by atoms with Gasteiger partial charge >= 0.3 is 5.97 Å². The molecule has 1 unspecified atom stereocenters. The monoisotopic (exact) mass is 260 g/mol. The minimum atomic E-state index is -0.117. The van der Waals surface area contributed by atoms with Crippen molar-refractivity contribution in [1.29, 1.82) is 0 Å². The first-order valence-corrected chi connectivity index (χ1v) is 6.86. The maximum Gasteiger partial charge on any atom is 0.323 e. The number of fused-ring (bicyclic) bond motifs is 2. The Kier molecular flexibility index (Phi) is 3.53. The van der Waals surface area contributed by atoms with Gasteiger partial charge in [-0.25, -0.2) is 0 Å². The highest BCUT2D eigenvalue weighted by Crippen LogP contribution is 2.28. The summed E-state index contributed by atoms with van der Waals surface area (Å²) in [5.41, 5.74) is 1.33. The van der Waals surface area contributed by atoms with Crippen LogP contribution in [0.4, 0.5) is 0 Å². The molecule has 0 spiro atoms. The SMILES string of the molecule is COC(=O)[C@@H]1NC2C[C@H]1CN(Cc1ccccc1)C2. The van der Waals surface area contributed by atoms with Crippen LogP contribution in [0, 0.1) is 5.92 Å². The molecule has 0 amide bonds. The maximum atomic E-state index is 11.7. The van der Waals surface area contributed by atoms with E-state index in [1.165, 1.54) is 12.7 Å². The van der Waals surface area contributed by atoms with Gasteiger partial charge in [-0.3, -0.25) is 9.69 Å². The number of hydrogen-bond acceptors (Lipinski definition) is 4. The Labute approximate surface area is 113 Å². The molecule has 1 aromatic rings. The summed E-state index contributed by atoms with van der Waals surface area (Å²) in [7, 11) is 1.47. The zero-order chi connectivity index (χ0) is 13.2. The van der Waals surface area contributed by atoms with Crippen molar-refractivity contribution < 1.29 is 9.53 Å². The van der Waals surface area contributed by atoms with Gasteiger partial charge in [0.25, 0.3) is 0 Å². The number of piperidine rings is 1. The molecule has 2 fully saturated rings. The van der Waals surface area contributed by atoms with Gasteiger partial charge in [-0.05, 0) is 17.9 Å². The molecule has 2 saturated heterocycles. The number of methoxy groups -OCH3 is 1. The summed E-state index contributed by atoms with van der Waals surface area (Å²) in [5, 5.41) is 3.40. The van der Waals surface area contributed by atoms with Crippen LogP contribution in [0.3, 0.4) is 0 Å². The fraction of sp³-hybridized carbons (Fsp3) is 0.533. The third-order valence-electron chi connectivity index (χ3n) is 4.15. The highest BCUT2D eigenvalue weighted by molar-refractivity contribution is 5.76. The lowest BCUT2D eigenvalue weighted by atomic mass is 9.94. The van der Waals surface area contributed by atoms with Crippen molar-refractivity contribution in [2.24, 2.45) is 5.92 Å². The third-order valence-corrected chi connectivity index (χ3v) is 4.15. The van der Waals surface area contributed by atoms with Crippen molar-refractivity contribution in [2.45, 2.75) is 25.0 Å². The normalized spacial score (nSPS) is 30.3. The Morgan fingerprint density at radius 3 is 2.89 bits per heavy atom. The maximum absolute atomic E-state index is 11.7. The first kappa shape index (κ1) is 12.6. The fourth-order valence-corrected chi connectivity index (χ4v) is 3.34. The number of benzene rings is 1. The highest BCUT2D eigenvalue weighted by Gasteiger charge is 2.43. The molecule has 4 heteroatoms. The minimum Gasteiger partial charge on any atom is -0.468 e. The molecule has 102 valence electrons. The van der Waals surface area contributed by atoms with E-state index < -0.39 is 0 Å². The van der Waals surface area contributed by atoms with Crippen LogP contribution in [-0.2, 0) is 16.1 Å². The zero-order valence-corrected chi connectivity index (χ0v) is 11.2. The van der Waals surface area contributed by atoms with Gasteiger partial charge < -0.3 is 10.1 Å². The first-order chi connectivity index (χ1) is 9.26. The molecule has 2 aliphatic heterocycles. The molecule has 0 radical (unpaired) electrons. The smallest absolute Gasteiger partial charge is 0.323 e. The van der Waals surface area contributed by atoms with Crippen molar-refractivity contribution in [3.63, 3.8) is 0 Å². The molecule has 1 aromatic carbocycles. The molecule has 0 aromatic heterocycles. The van der Waals surface area contributed by atoms with Gasteiger partial charge in [-0.15, -0.1) is 0 Å². The predicted molar refractivity (Wildman–Crippen MR) is 72.6 cm³/mol. The third kappa shape index (κ3) is 2.65. The summed E-state index contributed by atoms with van der Waals surface area (Å²) >= 11 is 0. The number of esters is 1. The molecule has 3 atom stereocenters. The van der Waals surface area contributed by atoms with E-state index in [9.17, 15) is 4.79 Å². The first-order valence-electron chi connectivity index (χ1n) is 6.86. The van der Waals surface area contributed by atoms with Crippen LogP contribution >= 0.6 is 0 Å². The van der Waals surface area contributed by atoms with Crippen LogP contribution < -0.4 is 5.32 Å². The molecule has 2 heterocycles.